The van der Waals surface area contributed by atoms with E-state index in [2.05, 4.69) is 11.4 Å². The molecule has 7 nitrogen and oxygen atoms in total. The van der Waals surface area contributed by atoms with Gasteiger partial charge in [0.05, 0.1) is 12.6 Å². The zero-order valence-corrected chi connectivity index (χ0v) is 17.9. The van der Waals surface area contributed by atoms with Crippen LogP contribution in [0, 0.1) is 0 Å². The summed E-state index contributed by atoms with van der Waals surface area (Å²) in [5.74, 6) is -1.77. The normalized spacial score (nSPS) is 19.6. The highest BCUT2D eigenvalue weighted by molar-refractivity contribution is 5.89. The van der Waals surface area contributed by atoms with Gasteiger partial charge in [-0.05, 0) is 56.6 Å². The molecule has 3 rings (SSSR count). The van der Waals surface area contributed by atoms with Crippen molar-refractivity contribution in [2.75, 3.05) is 13.2 Å². The number of nitrogens with zero attached hydrogens (tertiary/aromatic N) is 1. The summed E-state index contributed by atoms with van der Waals surface area (Å²) in [4.78, 5) is 38.7. The minimum absolute atomic E-state index is 0.256. The van der Waals surface area contributed by atoms with Crippen molar-refractivity contribution in [2.45, 2.75) is 57.5 Å². The molecule has 0 bridgehead atoms. The average molecular weight is 427 g/mol. The van der Waals surface area contributed by atoms with Crippen LogP contribution in [0.5, 0.6) is 0 Å². The lowest BCUT2D eigenvalue weighted by molar-refractivity contribution is -0.147. The van der Waals surface area contributed by atoms with Gasteiger partial charge < -0.3 is 9.84 Å². The van der Waals surface area contributed by atoms with Crippen molar-refractivity contribution < 1.29 is 24.2 Å². The number of aliphatic carboxylic acids is 1. The van der Waals surface area contributed by atoms with Crippen molar-refractivity contribution in [2.24, 2.45) is 0 Å². The van der Waals surface area contributed by atoms with E-state index in [4.69, 9.17) is 4.74 Å². The SMILES string of the molecule is CCOC(=O)[C@H](CCc1ccccc1)N[C@H]1CCC2=CCCC=C2N(CC(=O)O)C1=O. The summed E-state index contributed by atoms with van der Waals surface area (Å²) in [6, 6.07) is 8.53. The van der Waals surface area contributed by atoms with Gasteiger partial charge in [-0.3, -0.25) is 24.6 Å². The van der Waals surface area contributed by atoms with Crippen molar-refractivity contribution in [1.29, 1.82) is 0 Å². The number of nitrogens with one attached hydrogen (secondary N) is 1. The predicted molar refractivity (Wildman–Crippen MR) is 116 cm³/mol. The molecule has 0 radical (unpaired) electrons. The third kappa shape index (κ3) is 6.04. The number of esters is 1. The molecule has 0 aromatic heterocycles. The molecule has 166 valence electrons. The second-order valence-corrected chi connectivity index (χ2v) is 7.80. The second-order valence-electron chi connectivity index (χ2n) is 7.80. The number of amides is 1. The number of allylic oxidation sites excluding steroid dienone is 3. The van der Waals surface area contributed by atoms with Gasteiger partial charge in [-0.2, -0.15) is 0 Å². The molecular weight excluding hydrogens is 396 g/mol. The van der Waals surface area contributed by atoms with E-state index >= 15 is 0 Å². The molecule has 2 aliphatic rings. The number of likely N-dealkylation sites (tertiary alicyclic amines) is 1. The fourth-order valence-corrected chi connectivity index (χ4v) is 4.12. The zero-order valence-electron chi connectivity index (χ0n) is 17.9. The van der Waals surface area contributed by atoms with Crippen molar-refractivity contribution in [3.05, 3.63) is 59.3 Å². The van der Waals surface area contributed by atoms with E-state index in [-0.39, 0.29) is 12.5 Å². The minimum Gasteiger partial charge on any atom is -0.480 e. The topological polar surface area (TPSA) is 95.9 Å². The van der Waals surface area contributed by atoms with Gasteiger partial charge in [0, 0.05) is 5.70 Å². The highest BCUT2D eigenvalue weighted by atomic mass is 16.5. The van der Waals surface area contributed by atoms with Crippen LogP contribution in [0.4, 0.5) is 0 Å². The lowest BCUT2D eigenvalue weighted by atomic mass is 9.98. The molecule has 2 N–H and O–H groups in total. The number of benzene rings is 1. The summed E-state index contributed by atoms with van der Waals surface area (Å²) < 4.78 is 5.24. The molecule has 1 aliphatic heterocycles. The standard InChI is InChI=1S/C24H30N2O5/c1-2-31-24(30)20(14-12-17-8-4-3-5-9-17)25-19-15-13-18-10-6-7-11-21(18)26(23(19)29)16-22(27)28/h3-5,8-11,19-20,25H,2,6-7,12-16H2,1H3,(H,27,28)/t19-,20-/m0/s1. The van der Waals surface area contributed by atoms with E-state index in [1.165, 1.54) is 4.90 Å². The van der Waals surface area contributed by atoms with Crippen LogP contribution >= 0.6 is 0 Å². The molecule has 1 aromatic carbocycles. The van der Waals surface area contributed by atoms with Crippen molar-refractivity contribution in [1.82, 2.24) is 10.2 Å². The summed E-state index contributed by atoms with van der Waals surface area (Å²) in [5.41, 5.74) is 2.79. The van der Waals surface area contributed by atoms with Crippen LogP contribution in [0.3, 0.4) is 0 Å². The molecular formula is C24H30N2O5. The Balaban J connectivity index is 1.78. The van der Waals surface area contributed by atoms with Gasteiger partial charge in [-0.15, -0.1) is 0 Å². The Bertz CT molecular complexity index is 862. The van der Waals surface area contributed by atoms with Crippen LogP contribution in [0.25, 0.3) is 0 Å². The van der Waals surface area contributed by atoms with E-state index in [0.29, 0.717) is 31.4 Å². The molecule has 0 spiro atoms. The lowest BCUT2D eigenvalue weighted by Gasteiger charge is -2.28. The van der Waals surface area contributed by atoms with Crippen molar-refractivity contribution in [3.63, 3.8) is 0 Å². The molecule has 1 fully saturated rings. The van der Waals surface area contributed by atoms with Gasteiger partial charge >= 0.3 is 11.9 Å². The number of hydrogen-bond acceptors (Lipinski definition) is 5. The molecule has 1 aromatic rings. The first-order chi connectivity index (χ1) is 15.0. The monoisotopic (exact) mass is 426 g/mol. The molecule has 1 saturated heterocycles. The second kappa shape index (κ2) is 10.9. The van der Waals surface area contributed by atoms with Gasteiger partial charge in [0.1, 0.15) is 12.6 Å². The first kappa shape index (κ1) is 22.7. The van der Waals surface area contributed by atoms with Crippen molar-refractivity contribution >= 4 is 17.8 Å². The van der Waals surface area contributed by atoms with Crippen LogP contribution in [0.2, 0.25) is 0 Å². The number of carboxylic acid groups (broad SMARTS) is 1. The Morgan fingerprint density at radius 1 is 1.23 bits per heavy atom. The number of aryl methyl sites for hydroxylation is 1. The van der Waals surface area contributed by atoms with Crippen molar-refractivity contribution in [3.8, 4) is 0 Å². The maximum Gasteiger partial charge on any atom is 0.323 e. The summed E-state index contributed by atoms with van der Waals surface area (Å²) in [6.07, 6.45) is 7.98. The first-order valence-corrected chi connectivity index (χ1v) is 10.9. The van der Waals surface area contributed by atoms with E-state index < -0.39 is 30.6 Å². The maximum absolute atomic E-state index is 13.3. The number of fused-ring (bicyclic) bond motifs is 1. The molecule has 31 heavy (non-hydrogen) atoms. The number of rotatable bonds is 9. The van der Waals surface area contributed by atoms with Crippen LogP contribution in [-0.4, -0.2) is 53.1 Å². The number of ether oxygens (including phenoxy) is 1. The van der Waals surface area contributed by atoms with Crippen LogP contribution in [0.15, 0.2) is 53.8 Å². The Morgan fingerprint density at radius 2 is 1.97 bits per heavy atom. The zero-order chi connectivity index (χ0) is 22.2. The Hall–Kier alpha value is -2.93. The average Bonchev–Trinajstić information content (AvgIpc) is 2.89. The fraction of sp³-hybridized carbons (Fsp3) is 0.458. The maximum atomic E-state index is 13.3. The van der Waals surface area contributed by atoms with Gasteiger partial charge in [-0.1, -0.05) is 42.5 Å². The molecule has 0 saturated carbocycles. The minimum atomic E-state index is -1.06. The Labute approximate surface area is 182 Å². The fourth-order valence-electron chi connectivity index (χ4n) is 4.12. The summed E-state index contributed by atoms with van der Waals surface area (Å²) in [5, 5.41) is 12.6. The number of carboxylic acids is 1. The van der Waals surface area contributed by atoms with E-state index in [1.54, 1.807) is 6.92 Å². The molecule has 1 heterocycles. The quantitative estimate of drug-likeness (QED) is 0.590. The smallest absolute Gasteiger partial charge is 0.323 e. The molecule has 1 aliphatic carbocycles. The first-order valence-electron chi connectivity index (χ1n) is 10.9. The lowest BCUT2D eigenvalue weighted by Crippen LogP contribution is -2.52. The van der Waals surface area contributed by atoms with Gasteiger partial charge in [0.15, 0.2) is 0 Å². The highest BCUT2D eigenvalue weighted by Crippen LogP contribution is 2.31. The molecule has 0 unspecified atom stereocenters. The molecule has 1 amide bonds. The Morgan fingerprint density at radius 3 is 2.68 bits per heavy atom. The predicted octanol–water partition coefficient (Wildman–Crippen LogP) is 2.82. The van der Waals surface area contributed by atoms with Crippen LogP contribution in [-0.2, 0) is 25.5 Å². The van der Waals surface area contributed by atoms with E-state index in [1.807, 2.05) is 36.4 Å². The van der Waals surface area contributed by atoms with Gasteiger partial charge in [0.25, 0.3) is 0 Å². The van der Waals surface area contributed by atoms with Gasteiger partial charge in [0.2, 0.25) is 5.91 Å². The van der Waals surface area contributed by atoms with Crippen LogP contribution in [0.1, 0.15) is 44.6 Å². The van der Waals surface area contributed by atoms with E-state index in [9.17, 15) is 19.5 Å². The highest BCUT2D eigenvalue weighted by Gasteiger charge is 2.36. The summed E-state index contributed by atoms with van der Waals surface area (Å²) >= 11 is 0. The Kier molecular flexibility index (Phi) is 8.00. The largest absolute Gasteiger partial charge is 0.480 e. The number of carbonyl (C=O) groups excluding carboxylic acids is 2. The molecule has 2 atom stereocenters. The van der Waals surface area contributed by atoms with Gasteiger partial charge in [-0.25, -0.2) is 0 Å². The van der Waals surface area contributed by atoms with E-state index in [0.717, 1.165) is 24.0 Å². The molecule has 7 heteroatoms. The third-order valence-electron chi connectivity index (χ3n) is 5.61. The number of carbonyl (C=O) groups is 3. The van der Waals surface area contributed by atoms with Crippen LogP contribution < -0.4 is 5.32 Å². The third-order valence-corrected chi connectivity index (χ3v) is 5.61. The number of hydrogen-bond donors (Lipinski definition) is 2. The summed E-state index contributed by atoms with van der Waals surface area (Å²) in [6.45, 7) is 1.61. The summed E-state index contributed by atoms with van der Waals surface area (Å²) in [7, 11) is 0.